The maximum Gasteiger partial charge on any atom is 0.0242 e. The molecule has 0 aliphatic rings. The van der Waals surface area contributed by atoms with Crippen molar-refractivity contribution in [2.45, 2.75) is 22.9 Å². The molecule has 0 fully saturated rings. The van der Waals surface area contributed by atoms with Crippen molar-refractivity contribution in [1.82, 2.24) is 0 Å². The lowest BCUT2D eigenvalue weighted by Gasteiger charge is -2.10. The van der Waals surface area contributed by atoms with E-state index < -0.39 is 0 Å². The van der Waals surface area contributed by atoms with E-state index in [4.69, 9.17) is 11.5 Å². The van der Waals surface area contributed by atoms with Gasteiger partial charge in [-0.3, -0.25) is 0 Å². The summed E-state index contributed by atoms with van der Waals surface area (Å²) in [5.74, 6) is 0. The monoisotopic (exact) mass is 432 g/mol. The first kappa shape index (κ1) is 16.4. The van der Waals surface area contributed by atoms with Crippen molar-refractivity contribution in [3.63, 3.8) is 0 Å². The van der Waals surface area contributed by atoms with Crippen LogP contribution in [0, 0.1) is 0 Å². The van der Waals surface area contributed by atoms with E-state index in [-0.39, 0.29) is 0 Å². The number of halogens is 2. The highest BCUT2D eigenvalue weighted by Gasteiger charge is 2.07. The summed E-state index contributed by atoms with van der Waals surface area (Å²) in [6.07, 6.45) is 0. The molecule has 0 aliphatic heterocycles. The first-order valence-electron chi connectivity index (χ1n) is 5.95. The Labute approximate surface area is 143 Å². The fraction of sp³-hybridized carbons (Fsp3) is 0.143. The predicted molar refractivity (Wildman–Crippen MR) is 95.8 cm³/mol. The molecular formula is C14H14Br2N2S2. The van der Waals surface area contributed by atoms with Gasteiger partial charge in [0.15, 0.2) is 0 Å². The zero-order valence-corrected chi connectivity index (χ0v) is 15.4. The molecule has 4 N–H and O–H groups in total. The third kappa shape index (κ3) is 4.26. The molecule has 6 heteroatoms. The van der Waals surface area contributed by atoms with Gasteiger partial charge in [-0.25, -0.2) is 0 Å². The van der Waals surface area contributed by atoms with E-state index in [2.05, 4.69) is 56.1 Å². The van der Waals surface area contributed by atoms with E-state index in [1.54, 1.807) is 21.6 Å². The van der Waals surface area contributed by atoms with Crippen LogP contribution in [0.4, 0.5) is 0 Å². The quantitative estimate of drug-likeness (QED) is 0.656. The van der Waals surface area contributed by atoms with Crippen LogP contribution >= 0.6 is 53.4 Å². The van der Waals surface area contributed by atoms with E-state index in [9.17, 15) is 0 Å². The Morgan fingerprint density at radius 2 is 1.15 bits per heavy atom. The van der Waals surface area contributed by atoms with Crippen molar-refractivity contribution >= 4 is 53.4 Å². The molecule has 0 spiro atoms. The van der Waals surface area contributed by atoms with Crippen LogP contribution in [0.5, 0.6) is 0 Å². The van der Waals surface area contributed by atoms with E-state index in [1.165, 1.54) is 9.79 Å². The number of hydrogen-bond donors (Lipinski definition) is 2. The second-order valence-electron chi connectivity index (χ2n) is 4.08. The highest BCUT2D eigenvalue weighted by Crippen LogP contribution is 2.42. The minimum Gasteiger partial charge on any atom is -0.326 e. The van der Waals surface area contributed by atoms with Gasteiger partial charge in [0.25, 0.3) is 0 Å². The van der Waals surface area contributed by atoms with Crippen LogP contribution in [-0.2, 0) is 13.1 Å². The third-order valence-electron chi connectivity index (χ3n) is 2.72. The van der Waals surface area contributed by atoms with E-state index in [0.717, 1.165) is 20.1 Å². The van der Waals surface area contributed by atoms with Gasteiger partial charge in [0.2, 0.25) is 0 Å². The molecule has 106 valence electrons. The van der Waals surface area contributed by atoms with Gasteiger partial charge < -0.3 is 11.5 Å². The fourth-order valence-electron chi connectivity index (χ4n) is 1.64. The van der Waals surface area contributed by atoms with Gasteiger partial charge in [-0.05, 0) is 35.4 Å². The topological polar surface area (TPSA) is 52.0 Å². The molecule has 0 bridgehead atoms. The maximum absolute atomic E-state index is 5.78. The van der Waals surface area contributed by atoms with Gasteiger partial charge in [0, 0.05) is 31.8 Å². The smallest absolute Gasteiger partial charge is 0.0242 e. The summed E-state index contributed by atoms with van der Waals surface area (Å²) in [5, 5.41) is 0. The first-order chi connectivity index (χ1) is 9.63. The standard InChI is InChI=1S/C14H14Br2N2S2/c15-11-3-1-9(7-17)13(5-11)19-20-14-6-12(16)4-2-10(14)8-18/h1-6H,7-8,17-18H2. The van der Waals surface area contributed by atoms with Crippen molar-refractivity contribution < 1.29 is 0 Å². The van der Waals surface area contributed by atoms with Crippen LogP contribution in [0.25, 0.3) is 0 Å². The number of hydrogen-bond acceptors (Lipinski definition) is 4. The zero-order chi connectivity index (χ0) is 14.5. The lowest BCUT2D eigenvalue weighted by Crippen LogP contribution is -1.98. The summed E-state index contributed by atoms with van der Waals surface area (Å²) < 4.78 is 2.12. The minimum absolute atomic E-state index is 0.540. The average molecular weight is 434 g/mol. The Morgan fingerprint density at radius 3 is 1.50 bits per heavy atom. The first-order valence-corrected chi connectivity index (χ1v) is 9.69. The Morgan fingerprint density at radius 1 is 0.750 bits per heavy atom. The molecule has 0 saturated carbocycles. The number of rotatable bonds is 5. The Kier molecular flexibility index (Phi) is 6.45. The van der Waals surface area contributed by atoms with Crippen LogP contribution in [0.15, 0.2) is 55.1 Å². The van der Waals surface area contributed by atoms with Gasteiger partial charge in [-0.2, -0.15) is 0 Å². The van der Waals surface area contributed by atoms with Gasteiger partial charge in [-0.15, -0.1) is 0 Å². The van der Waals surface area contributed by atoms with E-state index >= 15 is 0 Å². The molecule has 2 aromatic rings. The molecule has 0 unspecified atom stereocenters. The summed E-state index contributed by atoms with van der Waals surface area (Å²) in [7, 11) is 3.41. The van der Waals surface area contributed by atoms with Crippen molar-refractivity contribution in [2.24, 2.45) is 11.5 Å². The summed E-state index contributed by atoms with van der Waals surface area (Å²) in [6.45, 7) is 1.08. The van der Waals surface area contributed by atoms with Gasteiger partial charge in [0.05, 0.1) is 0 Å². The number of nitrogens with two attached hydrogens (primary N) is 2. The SMILES string of the molecule is NCc1ccc(Br)cc1SSc1cc(Br)ccc1CN. The highest BCUT2D eigenvalue weighted by atomic mass is 79.9. The fourth-order valence-corrected chi connectivity index (χ4v) is 5.18. The van der Waals surface area contributed by atoms with Crippen molar-refractivity contribution in [2.75, 3.05) is 0 Å². The third-order valence-corrected chi connectivity index (χ3v) is 6.24. The van der Waals surface area contributed by atoms with Crippen LogP contribution in [-0.4, -0.2) is 0 Å². The second kappa shape index (κ2) is 7.87. The summed E-state index contributed by atoms with van der Waals surface area (Å²) in [6, 6.07) is 12.3. The molecule has 0 amide bonds. The van der Waals surface area contributed by atoms with E-state index in [1.807, 2.05) is 12.1 Å². The molecule has 0 atom stereocenters. The second-order valence-corrected chi connectivity index (χ2v) is 8.12. The Hall–Kier alpha value is 0.0200. The molecule has 0 saturated heterocycles. The normalized spacial score (nSPS) is 10.8. The van der Waals surface area contributed by atoms with Gasteiger partial charge in [0.1, 0.15) is 0 Å². The largest absolute Gasteiger partial charge is 0.326 e. The lowest BCUT2D eigenvalue weighted by atomic mass is 10.2. The van der Waals surface area contributed by atoms with Crippen molar-refractivity contribution in [3.8, 4) is 0 Å². The van der Waals surface area contributed by atoms with Crippen molar-refractivity contribution in [1.29, 1.82) is 0 Å². The predicted octanol–water partition coefficient (Wildman–Crippen LogP) is 4.93. The molecule has 0 radical (unpaired) electrons. The summed E-state index contributed by atoms with van der Waals surface area (Å²) in [5.41, 5.74) is 13.9. The Balaban J connectivity index is 2.20. The van der Waals surface area contributed by atoms with Gasteiger partial charge in [-0.1, -0.05) is 65.6 Å². The van der Waals surface area contributed by atoms with Crippen LogP contribution in [0.2, 0.25) is 0 Å². The summed E-state index contributed by atoms with van der Waals surface area (Å²) in [4.78, 5) is 2.35. The highest BCUT2D eigenvalue weighted by molar-refractivity contribution is 9.10. The van der Waals surface area contributed by atoms with Gasteiger partial charge >= 0.3 is 0 Å². The Bertz CT molecular complexity index is 552. The molecule has 0 heterocycles. The van der Waals surface area contributed by atoms with Crippen LogP contribution in [0.3, 0.4) is 0 Å². The molecular weight excluding hydrogens is 420 g/mol. The molecule has 2 aromatic carbocycles. The number of benzene rings is 2. The molecule has 2 rings (SSSR count). The molecule has 2 nitrogen and oxygen atoms in total. The minimum atomic E-state index is 0.540. The summed E-state index contributed by atoms with van der Waals surface area (Å²) >= 11 is 7.00. The average Bonchev–Trinajstić information content (AvgIpc) is 2.45. The molecule has 0 aromatic heterocycles. The lowest BCUT2D eigenvalue weighted by molar-refractivity contribution is 1.02. The molecule has 20 heavy (non-hydrogen) atoms. The van der Waals surface area contributed by atoms with Crippen LogP contribution < -0.4 is 11.5 Å². The maximum atomic E-state index is 5.78. The molecule has 0 aliphatic carbocycles. The zero-order valence-electron chi connectivity index (χ0n) is 10.6. The van der Waals surface area contributed by atoms with E-state index in [0.29, 0.717) is 13.1 Å². The van der Waals surface area contributed by atoms with Crippen LogP contribution in [0.1, 0.15) is 11.1 Å². The van der Waals surface area contributed by atoms with Crippen molar-refractivity contribution in [3.05, 3.63) is 56.5 Å².